The van der Waals surface area contributed by atoms with E-state index in [0.29, 0.717) is 18.4 Å². The van der Waals surface area contributed by atoms with Crippen molar-refractivity contribution in [1.29, 1.82) is 0 Å². The fourth-order valence-corrected chi connectivity index (χ4v) is 8.86. The zero-order chi connectivity index (χ0) is 22.9. The zero-order valence-corrected chi connectivity index (χ0v) is 19.5. The van der Waals surface area contributed by atoms with Gasteiger partial charge in [0.2, 0.25) is 0 Å². The molecule has 1 aromatic carbocycles. The van der Waals surface area contributed by atoms with Crippen LogP contribution in [0.3, 0.4) is 0 Å². The summed E-state index contributed by atoms with van der Waals surface area (Å²) in [6, 6.07) is 8.98. The molecular weight excluding hydrogens is 404 g/mol. The number of hydrogen-bond donors (Lipinski definition) is 2. The predicted molar refractivity (Wildman–Crippen MR) is 120 cm³/mol. The van der Waals surface area contributed by atoms with Gasteiger partial charge in [0, 0.05) is 5.92 Å². The Labute approximate surface area is 190 Å². The summed E-state index contributed by atoms with van der Waals surface area (Å²) >= 11 is 0. The highest BCUT2D eigenvalue weighted by molar-refractivity contribution is 5.89. The molecule has 1 spiro atoms. The molecule has 1 aromatic rings. The molecule has 4 aliphatic rings. The van der Waals surface area contributed by atoms with E-state index in [1.165, 1.54) is 0 Å². The van der Waals surface area contributed by atoms with Crippen LogP contribution in [0.5, 0.6) is 0 Å². The molecule has 4 saturated carbocycles. The molecule has 4 aliphatic carbocycles. The maximum absolute atomic E-state index is 13.1. The number of fused-ring (bicyclic) bond motifs is 2. The van der Waals surface area contributed by atoms with Crippen molar-refractivity contribution < 1.29 is 24.5 Å². The molecule has 5 nitrogen and oxygen atoms in total. The number of carbonyl (C=O) groups excluding carboxylic acids is 1. The number of carbonyl (C=O) groups is 2. The van der Waals surface area contributed by atoms with Crippen molar-refractivity contribution in [1.82, 2.24) is 0 Å². The van der Waals surface area contributed by atoms with Gasteiger partial charge in [-0.3, -0.25) is 4.79 Å². The number of ether oxygens (including phenoxy) is 1. The Morgan fingerprint density at radius 2 is 1.72 bits per heavy atom. The Kier molecular flexibility index (Phi) is 4.84. The number of aliphatic carboxylic acids is 1. The summed E-state index contributed by atoms with van der Waals surface area (Å²) in [5.41, 5.74) is -0.739. The second kappa shape index (κ2) is 7.06. The number of hydrogen-bond acceptors (Lipinski definition) is 4. The number of aliphatic hydroxyl groups excluding tert-OH is 1. The van der Waals surface area contributed by atoms with Crippen LogP contribution in [0.25, 0.3) is 0 Å². The second-order valence-electron chi connectivity index (χ2n) is 12.0. The minimum atomic E-state index is -0.927. The van der Waals surface area contributed by atoms with Gasteiger partial charge in [-0.2, -0.15) is 0 Å². The van der Waals surface area contributed by atoms with Gasteiger partial charge in [-0.25, -0.2) is 4.79 Å². The smallest absolute Gasteiger partial charge is 0.338 e. The number of rotatable bonds is 3. The van der Waals surface area contributed by atoms with Gasteiger partial charge in [-0.05, 0) is 86.2 Å². The molecule has 5 rings (SSSR count). The molecule has 8 atom stereocenters. The number of carboxylic acids is 1. The maximum atomic E-state index is 13.1. The molecule has 2 bridgehead atoms. The topological polar surface area (TPSA) is 83.8 Å². The molecule has 0 radical (unpaired) electrons. The summed E-state index contributed by atoms with van der Waals surface area (Å²) in [5, 5.41) is 21.4. The quantitative estimate of drug-likeness (QED) is 0.641. The number of esters is 1. The summed E-state index contributed by atoms with van der Waals surface area (Å²) in [4.78, 5) is 25.8. The summed E-state index contributed by atoms with van der Waals surface area (Å²) < 4.78 is 6.19. The third kappa shape index (κ3) is 2.79. The van der Waals surface area contributed by atoms with Crippen molar-refractivity contribution >= 4 is 11.9 Å². The summed E-state index contributed by atoms with van der Waals surface area (Å²) in [6.45, 7) is 6.38. The molecule has 0 unspecified atom stereocenters. The van der Waals surface area contributed by atoms with Crippen LogP contribution in [0.4, 0.5) is 0 Å². The molecular formula is C27H36O5. The lowest BCUT2D eigenvalue weighted by Gasteiger charge is -2.67. The normalized spacial score (nSPS) is 47.2. The van der Waals surface area contributed by atoms with Crippen molar-refractivity contribution in [3.05, 3.63) is 35.9 Å². The molecule has 0 heterocycles. The fraction of sp³-hybridized carbons (Fsp3) is 0.704. The van der Waals surface area contributed by atoms with Crippen LogP contribution in [0.2, 0.25) is 0 Å². The van der Waals surface area contributed by atoms with Gasteiger partial charge in [0.05, 0.1) is 17.1 Å². The summed E-state index contributed by atoms with van der Waals surface area (Å²) in [5.74, 6) is -1.14. The van der Waals surface area contributed by atoms with Gasteiger partial charge in [-0.1, -0.05) is 38.5 Å². The molecule has 0 saturated heterocycles. The van der Waals surface area contributed by atoms with E-state index in [2.05, 4.69) is 13.8 Å². The third-order valence-electron chi connectivity index (χ3n) is 10.5. The fourth-order valence-electron chi connectivity index (χ4n) is 8.86. The van der Waals surface area contributed by atoms with Crippen LogP contribution in [-0.4, -0.2) is 34.4 Å². The molecule has 4 fully saturated rings. The molecule has 0 aliphatic heterocycles. The SMILES string of the molecule is C[C@]12CC[C@]3(C1)[C@@H](C[C@H](OC(=O)c1ccccc1)[C@H]1[C@](C)(C(=O)O)CCC[C@@]13C)C[C@@H]2O. The van der Waals surface area contributed by atoms with Crippen molar-refractivity contribution in [2.24, 2.45) is 33.5 Å². The van der Waals surface area contributed by atoms with Crippen molar-refractivity contribution in [3.63, 3.8) is 0 Å². The summed E-state index contributed by atoms with van der Waals surface area (Å²) in [6.07, 6.45) is 6.00. The predicted octanol–water partition coefficient (Wildman–Crippen LogP) is 5.07. The Bertz CT molecular complexity index is 929. The largest absolute Gasteiger partial charge is 0.481 e. The Hall–Kier alpha value is -1.88. The average Bonchev–Trinajstić information content (AvgIpc) is 3.08. The minimum Gasteiger partial charge on any atom is -0.481 e. The lowest BCUT2D eigenvalue weighted by atomic mass is 9.37. The van der Waals surface area contributed by atoms with Crippen LogP contribution in [0.1, 0.15) is 82.5 Å². The summed E-state index contributed by atoms with van der Waals surface area (Å²) in [7, 11) is 0. The lowest BCUT2D eigenvalue weighted by Crippen LogP contribution is -2.66. The maximum Gasteiger partial charge on any atom is 0.338 e. The number of benzene rings is 1. The average molecular weight is 441 g/mol. The molecule has 174 valence electrons. The molecule has 2 N–H and O–H groups in total. The van der Waals surface area contributed by atoms with Gasteiger partial charge < -0.3 is 14.9 Å². The molecule has 0 amide bonds. The van der Waals surface area contributed by atoms with E-state index in [1.807, 2.05) is 25.1 Å². The Morgan fingerprint density at radius 1 is 1.00 bits per heavy atom. The number of aliphatic hydroxyl groups is 1. The van der Waals surface area contributed by atoms with Gasteiger partial charge in [0.25, 0.3) is 0 Å². The van der Waals surface area contributed by atoms with Crippen molar-refractivity contribution in [2.45, 2.75) is 84.3 Å². The Balaban J connectivity index is 1.59. The first-order chi connectivity index (χ1) is 15.1. The Morgan fingerprint density at radius 3 is 2.41 bits per heavy atom. The third-order valence-corrected chi connectivity index (χ3v) is 10.5. The van der Waals surface area contributed by atoms with Crippen LogP contribution >= 0.6 is 0 Å². The molecule has 32 heavy (non-hydrogen) atoms. The van der Waals surface area contributed by atoms with Crippen molar-refractivity contribution in [2.75, 3.05) is 0 Å². The first-order valence-corrected chi connectivity index (χ1v) is 12.2. The highest BCUT2D eigenvalue weighted by atomic mass is 16.5. The number of carboxylic acid groups (broad SMARTS) is 1. The van der Waals surface area contributed by atoms with E-state index in [9.17, 15) is 19.8 Å². The van der Waals surface area contributed by atoms with Crippen LogP contribution in [-0.2, 0) is 9.53 Å². The van der Waals surface area contributed by atoms with Crippen LogP contribution in [0, 0.1) is 33.5 Å². The zero-order valence-electron chi connectivity index (χ0n) is 19.5. The van der Waals surface area contributed by atoms with E-state index in [4.69, 9.17) is 4.74 Å². The lowest BCUT2D eigenvalue weighted by molar-refractivity contribution is -0.233. The minimum absolute atomic E-state index is 0.0123. The van der Waals surface area contributed by atoms with Crippen molar-refractivity contribution in [3.8, 4) is 0 Å². The first kappa shape index (κ1) is 21.9. The van der Waals surface area contributed by atoms with E-state index in [-0.39, 0.29) is 40.2 Å². The van der Waals surface area contributed by atoms with Gasteiger partial charge >= 0.3 is 11.9 Å². The van der Waals surface area contributed by atoms with E-state index < -0.39 is 17.5 Å². The highest BCUT2D eigenvalue weighted by Gasteiger charge is 2.73. The van der Waals surface area contributed by atoms with Gasteiger partial charge in [0.15, 0.2) is 0 Å². The van der Waals surface area contributed by atoms with E-state index >= 15 is 0 Å². The standard InChI is InChI=1S/C27H36O5/c1-24-12-13-27(16-24)18(15-20(24)28)14-19(32-22(29)17-8-5-4-6-9-17)21-25(2,23(30)31)10-7-11-26(21,27)3/h4-6,8-9,18-21,28H,7,10-16H2,1-3H3,(H,30,31)/t18-,19-,20-,21-,24-,25+,26-,27-/m0/s1. The monoisotopic (exact) mass is 440 g/mol. The van der Waals surface area contributed by atoms with E-state index in [0.717, 1.165) is 38.5 Å². The van der Waals surface area contributed by atoms with Crippen LogP contribution in [0.15, 0.2) is 30.3 Å². The van der Waals surface area contributed by atoms with Crippen LogP contribution < -0.4 is 0 Å². The van der Waals surface area contributed by atoms with Gasteiger partial charge in [0.1, 0.15) is 6.10 Å². The second-order valence-corrected chi connectivity index (χ2v) is 12.0. The first-order valence-electron chi connectivity index (χ1n) is 12.2. The van der Waals surface area contributed by atoms with Gasteiger partial charge in [-0.15, -0.1) is 0 Å². The molecule has 5 heteroatoms. The molecule has 0 aromatic heterocycles. The van der Waals surface area contributed by atoms with E-state index in [1.54, 1.807) is 12.1 Å². The highest BCUT2D eigenvalue weighted by Crippen LogP contribution is 2.76.